The van der Waals surface area contributed by atoms with E-state index in [4.69, 9.17) is 6.42 Å². The molecule has 1 aliphatic rings. The molecule has 1 fully saturated rings. The number of hydrogen-bond donors (Lipinski definition) is 1. The summed E-state index contributed by atoms with van der Waals surface area (Å²) in [6.45, 7) is 3.92. The summed E-state index contributed by atoms with van der Waals surface area (Å²) >= 11 is 3.36. The fraction of sp³-hybridized carbons (Fsp3) is 0.500. The van der Waals surface area contributed by atoms with Crippen LogP contribution < -0.4 is 15.8 Å². The molecule has 18 heavy (non-hydrogen) atoms. The van der Waals surface area contributed by atoms with Crippen molar-refractivity contribution >= 4 is 21.6 Å². The van der Waals surface area contributed by atoms with Crippen LogP contribution in [0.15, 0.2) is 15.5 Å². The number of hydrogen-bond acceptors (Lipinski definition) is 4. The number of anilines is 1. The van der Waals surface area contributed by atoms with Gasteiger partial charge in [-0.3, -0.25) is 4.79 Å². The van der Waals surface area contributed by atoms with Crippen molar-refractivity contribution in [2.75, 3.05) is 31.1 Å². The predicted octanol–water partition coefficient (Wildman–Crippen LogP) is 0.439. The highest BCUT2D eigenvalue weighted by molar-refractivity contribution is 9.10. The van der Waals surface area contributed by atoms with Crippen molar-refractivity contribution in [1.29, 1.82) is 0 Å². The highest BCUT2D eigenvalue weighted by Crippen LogP contribution is 2.21. The van der Waals surface area contributed by atoms with Gasteiger partial charge < -0.3 is 10.2 Å². The van der Waals surface area contributed by atoms with Crippen LogP contribution in [-0.2, 0) is 6.54 Å². The summed E-state index contributed by atoms with van der Waals surface area (Å²) in [6, 6.07) is 0. The summed E-state index contributed by atoms with van der Waals surface area (Å²) in [5.74, 6) is 2.42. The van der Waals surface area contributed by atoms with E-state index in [0.29, 0.717) is 4.47 Å². The Morgan fingerprint density at radius 3 is 3.11 bits per heavy atom. The van der Waals surface area contributed by atoms with Gasteiger partial charge in [-0.05, 0) is 28.9 Å². The first-order chi connectivity index (χ1) is 8.74. The van der Waals surface area contributed by atoms with Gasteiger partial charge >= 0.3 is 0 Å². The van der Waals surface area contributed by atoms with Gasteiger partial charge in [0.2, 0.25) is 0 Å². The number of nitrogens with zero attached hydrogens (tertiary/aromatic N) is 3. The molecule has 0 unspecified atom stereocenters. The molecule has 0 spiro atoms. The van der Waals surface area contributed by atoms with Crippen LogP contribution in [0.3, 0.4) is 0 Å². The van der Waals surface area contributed by atoms with Crippen LogP contribution in [0.5, 0.6) is 0 Å². The monoisotopic (exact) mass is 310 g/mol. The normalized spacial score (nSPS) is 16.1. The molecule has 0 bridgehead atoms. The van der Waals surface area contributed by atoms with E-state index in [0.717, 1.165) is 38.3 Å². The van der Waals surface area contributed by atoms with Crippen molar-refractivity contribution in [1.82, 2.24) is 15.1 Å². The van der Waals surface area contributed by atoms with E-state index in [1.165, 1.54) is 4.68 Å². The van der Waals surface area contributed by atoms with Gasteiger partial charge in [0.05, 0.1) is 11.9 Å². The van der Waals surface area contributed by atoms with Gasteiger partial charge in [0.25, 0.3) is 5.56 Å². The van der Waals surface area contributed by atoms with Crippen molar-refractivity contribution in [3.05, 3.63) is 21.0 Å². The molecule has 1 N–H and O–H groups in total. The largest absolute Gasteiger partial charge is 0.368 e. The molecule has 6 heteroatoms. The van der Waals surface area contributed by atoms with E-state index in [2.05, 4.69) is 37.2 Å². The molecule has 0 aliphatic carbocycles. The first-order valence-electron chi connectivity index (χ1n) is 5.89. The van der Waals surface area contributed by atoms with E-state index < -0.39 is 0 Å². The number of halogens is 1. The molecule has 1 aromatic heterocycles. The van der Waals surface area contributed by atoms with Crippen LogP contribution in [0.4, 0.5) is 5.69 Å². The molecule has 1 saturated heterocycles. The van der Waals surface area contributed by atoms with Gasteiger partial charge in [0.15, 0.2) is 0 Å². The molecule has 96 valence electrons. The second-order valence-corrected chi connectivity index (χ2v) is 4.89. The standard InChI is InChI=1S/C12H15BrN4O/c1-2-6-17-12(18)11(13)10(9-15-17)16-7-3-4-14-5-8-16/h1,9,14H,3-8H2. The average Bonchev–Trinajstić information content (AvgIpc) is 2.64. The predicted molar refractivity (Wildman–Crippen MR) is 74.7 cm³/mol. The Balaban J connectivity index is 2.31. The maximum Gasteiger partial charge on any atom is 0.284 e. The van der Waals surface area contributed by atoms with Crippen molar-refractivity contribution in [2.45, 2.75) is 13.0 Å². The van der Waals surface area contributed by atoms with E-state index in [9.17, 15) is 4.79 Å². The number of rotatable bonds is 2. The highest BCUT2D eigenvalue weighted by atomic mass is 79.9. The minimum absolute atomic E-state index is 0.178. The molecule has 5 nitrogen and oxygen atoms in total. The van der Waals surface area contributed by atoms with Gasteiger partial charge in [0.1, 0.15) is 11.0 Å². The van der Waals surface area contributed by atoms with Crippen molar-refractivity contribution in [3.63, 3.8) is 0 Å². The Morgan fingerprint density at radius 2 is 2.33 bits per heavy atom. The van der Waals surface area contributed by atoms with Crippen LogP contribution >= 0.6 is 15.9 Å². The lowest BCUT2D eigenvalue weighted by atomic mass is 10.3. The van der Waals surface area contributed by atoms with Gasteiger partial charge in [-0.1, -0.05) is 5.92 Å². The minimum atomic E-state index is -0.178. The Labute approximate surface area is 114 Å². The third kappa shape index (κ3) is 2.74. The van der Waals surface area contributed by atoms with E-state index >= 15 is 0 Å². The Bertz CT molecular complexity index is 512. The Morgan fingerprint density at radius 1 is 1.50 bits per heavy atom. The molecule has 0 saturated carbocycles. The first-order valence-corrected chi connectivity index (χ1v) is 6.68. The smallest absolute Gasteiger partial charge is 0.284 e. The molecule has 0 amide bonds. The van der Waals surface area contributed by atoms with Crippen LogP contribution in [0, 0.1) is 12.3 Å². The number of aromatic nitrogens is 2. The fourth-order valence-corrected chi connectivity index (χ4v) is 2.52. The van der Waals surface area contributed by atoms with Crippen molar-refractivity contribution < 1.29 is 0 Å². The molecule has 1 aliphatic heterocycles. The number of terminal acetylenes is 1. The average molecular weight is 311 g/mol. The topological polar surface area (TPSA) is 50.2 Å². The maximum absolute atomic E-state index is 12.0. The maximum atomic E-state index is 12.0. The lowest BCUT2D eigenvalue weighted by Crippen LogP contribution is -2.32. The van der Waals surface area contributed by atoms with Gasteiger partial charge in [0, 0.05) is 19.6 Å². The van der Waals surface area contributed by atoms with Crippen LogP contribution in [0.2, 0.25) is 0 Å². The van der Waals surface area contributed by atoms with Crippen LogP contribution in [0.1, 0.15) is 6.42 Å². The molecular weight excluding hydrogens is 296 g/mol. The molecule has 1 aromatic rings. The van der Waals surface area contributed by atoms with Crippen LogP contribution in [-0.4, -0.2) is 36.0 Å². The lowest BCUT2D eigenvalue weighted by Gasteiger charge is -2.23. The third-order valence-corrected chi connectivity index (χ3v) is 3.63. The van der Waals surface area contributed by atoms with E-state index in [-0.39, 0.29) is 12.1 Å². The van der Waals surface area contributed by atoms with Gasteiger partial charge in [-0.15, -0.1) is 6.42 Å². The zero-order valence-electron chi connectivity index (χ0n) is 10.0. The van der Waals surface area contributed by atoms with E-state index in [1.54, 1.807) is 6.20 Å². The van der Waals surface area contributed by atoms with Crippen LogP contribution in [0.25, 0.3) is 0 Å². The van der Waals surface area contributed by atoms with E-state index in [1.807, 2.05) is 0 Å². The first kappa shape index (κ1) is 13.1. The second-order valence-electron chi connectivity index (χ2n) is 4.10. The quantitative estimate of drug-likeness (QED) is 0.805. The summed E-state index contributed by atoms with van der Waals surface area (Å²) in [5, 5.41) is 7.43. The zero-order chi connectivity index (χ0) is 13.0. The van der Waals surface area contributed by atoms with Crippen molar-refractivity contribution in [3.8, 4) is 12.3 Å². The minimum Gasteiger partial charge on any atom is -0.368 e. The SMILES string of the molecule is C#CCn1ncc(N2CCCNCC2)c(Br)c1=O. The van der Waals surface area contributed by atoms with Gasteiger partial charge in [-0.2, -0.15) is 5.10 Å². The summed E-state index contributed by atoms with van der Waals surface area (Å²) < 4.78 is 1.82. The molecule has 0 radical (unpaired) electrons. The molecule has 2 rings (SSSR count). The van der Waals surface area contributed by atoms with Gasteiger partial charge in [-0.25, -0.2) is 4.68 Å². The summed E-state index contributed by atoms with van der Waals surface area (Å²) in [6.07, 6.45) is 7.96. The number of nitrogens with one attached hydrogen (secondary N) is 1. The third-order valence-electron chi connectivity index (χ3n) is 2.89. The fourth-order valence-electron chi connectivity index (χ4n) is 1.96. The zero-order valence-corrected chi connectivity index (χ0v) is 11.6. The lowest BCUT2D eigenvalue weighted by molar-refractivity contribution is 0.654. The molecular formula is C12H15BrN4O. The Hall–Kier alpha value is -1.32. The molecule has 2 heterocycles. The summed E-state index contributed by atoms with van der Waals surface area (Å²) in [5.41, 5.74) is 0.666. The molecule has 0 aromatic carbocycles. The Kier molecular flexibility index (Phi) is 4.39. The summed E-state index contributed by atoms with van der Waals surface area (Å²) in [4.78, 5) is 14.2. The van der Waals surface area contributed by atoms with Crippen molar-refractivity contribution in [2.24, 2.45) is 0 Å². The molecule has 0 atom stereocenters. The second kappa shape index (κ2) is 6.03. The highest BCUT2D eigenvalue weighted by Gasteiger charge is 2.16. The summed E-state index contributed by atoms with van der Waals surface area (Å²) in [7, 11) is 0.